The number of hydrogen-bond donors (Lipinski definition) is 1. The molecule has 0 atom stereocenters. The van der Waals surface area contributed by atoms with Crippen LogP contribution >= 0.6 is 0 Å². The van der Waals surface area contributed by atoms with Crippen molar-refractivity contribution in [2.75, 3.05) is 0 Å². The zero-order valence-electron chi connectivity index (χ0n) is 9.30. The Morgan fingerprint density at radius 1 is 0.941 bits per heavy atom. The Labute approximate surface area is 99.8 Å². The summed E-state index contributed by atoms with van der Waals surface area (Å²) in [5.41, 5.74) is 8.11. The van der Waals surface area contributed by atoms with E-state index in [4.69, 9.17) is 10.5 Å². The third kappa shape index (κ3) is 3.08. The lowest BCUT2D eigenvalue weighted by molar-refractivity contribution is 0.150. The van der Waals surface area contributed by atoms with Gasteiger partial charge in [-0.25, -0.2) is 4.79 Å². The van der Waals surface area contributed by atoms with E-state index in [2.05, 4.69) is 12.1 Å². The normalized spacial score (nSPS) is 9.88. The maximum absolute atomic E-state index is 10.5. The van der Waals surface area contributed by atoms with Gasteiger partial charge in [-0.05, 0) is 16.7 Å². The number of rotatable bonds is 3. The summed E-state index contributed by atoms with van der Waals surface area (Å²) in [5.74, 6) is 0. The number of benzene rings is 2. The van der Waals surface area contributed by atoms with Crippen molar-refractivity contribution in [3.05, 3.63) is 60.2 Å². The van der Waals surface area contributed by atoms with Gasteiger partial charge in [-0.2, -0.15) is 0 Å². The van der Waals surface area contributed by atoms with E-state index in [1.54, 1.807) is 0 Å². The average Bonchev–Trinajstić information content (AvgIpc) is 2.38. The summed E-state index contributed by atoms with van der Waals surface area (Å²) in [6.07, 6.45) is -0.753. The van der Waals surface area contributed by atoms with E-state index in [1.165, 1.54) is 0 Å². The Kier molecular flexibility index (Phi) is 3.40. The van der Waals surface area contributed by atoms with Crippen LogP contribution in [0, 0.1) is 0 Å². The maximum Gasteiger partial charge on any atom is 0.404 e. The van der Waals surface area contributed by atoms with Crippen LogP contribution in [0.5, 0.6) is 0 Å². The van der Waals surface area contributed by atoms with Gasteiger partial charge in [0.05, 0.1) is 0 Å². The highest BCUT2D eigenvalue weighted by Gasteiger charge is 1.99. The first-order valence-corrected chi connectivity index (χ1v) is 5.32. The van der Waals surface area contributed by atoms with Crippen molar-refractivity contribution in [1.29, 1.82) is 0 Å². The molecule has 0 saturated heterocycles. The van der Waals surface area contributed by atoms with E-state index in [1.807, 2.05) is 42.5 Å². The molecule has 0 aromatic heterocycles. The van der Waals surface area contributed by atoms with Gasteiger partial charge in [0, 0.05) is 0 Å². The molecule has 0 aliphatic rings. The highest BCUT2D eigenvalue weighted by molar-refractivity contribution is 5.65. The van der Waals surface area contributed by atoms with Crippen LogP contribution in [0.25, 0.3) is 11.1 Å². The highest BCUT2D eigenvalue weighted by atomic mass is 16.5. The predicted octanol–water partition coefficient (Wildman–Crippen LogP) is 2.95. The van der Waals surface area contributed by atoms with Crippen LogP contribution in [-0.4, -0.2) is 6.09 Å². The topological polar surface area (TPSA) is 52.3 Å². The second-order valence-electron chi connectivity index (χ2n) is 3.67. The van der Waals surface area contributed by atoms with E-state index < -0.39 is 6.09 Å². The summed E-state index contributed by atoms with van der Waals surface area (Å²) in [4.78, 5) is 10.5. The third-order valence-corrected chi connectivity index (χ3v) is 2.44. The Bertz CT molecular complexity index is 491. The van der Waals surface area contributed by atoms with Gasteiger partial charge in [-0.15, -0.1) is 0 Å². The van der Waals surface area contributed by atoms with Gasteiger partial charge in [0.1, 0.15) is 6.61 Å². The molecule has 0 bridgehead atoms. The molecule has 0 fully saturated rings. The molecule has 2 aromatic rings. The largest absolute Gasteiger partial charge is 0.445 e. The summed E-state index contributed by atoms with van der Waals surface area (Å²) < 4.78 is 4.71. The minimum absolute atomic E-state index is 0.213. The number of primary amides is 1. The van der Waals surface area contributed by atoms with Gasteiger partial charge in [0.2, 0.25) is 0 Å². The minimum Gasteiger partial charge on any atom is -0.445 e. The monoisotopic (exact) mass is 227 g/mol. The van der Waals surface area contributed by atoms with Gasteiger partial charge < -0.3 is 10.5 Å². The Morgan fingerprint density at radius 3 is 2.12 bits per heavy atom. The van der Waals surface area contributed by atoms with Crippen LogP contribution in [0.2, 0.25) is 0 Å². The molecule has 3 nitrogen and oxygen atoms in total. The zero-order chi connectivity index (χ0) is 12.1. The van der Waals surface area contributed by atoms with Crippen molar-refractivity contribution in [2.45, 2.75) is 6.61 Å². The number of ether oxygens (including phenoxy) is 1. The molecule has 3 heteroatoms. The van der Waals surface area contributed by atoms with Crippen molar-refractivity contribution in [1.82, 2.24) is 0 Å². The van der Waals surface area contributed by atoms with Crippen molar-refractivity contribution in [3.63, 3.8) is 0 Å². The van der Waals surface area contributed by atoms with Gasteiger partial charge in [-0.1, -0.05) is 54.6 Å². The maximum atomic E-state index is 10.5. The molecular weight excluding hydrogens is 214 g/mol. The van der Waals surface area contributed by atoms with E-state index >= 15 is 0 Å². The number of carbonyl (C=O) groups excluding carboxylic acids is 1. The van der Waals surface area contributed by atoms with E-state index in [0.717, 1.165) is 16.7 Å². The molecule has 2 rings (SSSR count). The smallest absolute Gasteiger partial charge is 0.404 e. The molecule has 0 spiro atoms. The molecule has 1 amide bonds. The Balaban J connectivity index is 2.11. The van der Waals surface area contributed by atoms with E-state index in [-0.39, 0.29) is 6.61 Å². The third-order valence-electron chi connectivity index (χ3n) is 2.44. The number of amides is 1. The van der Waals surface area contributed by atoms with Gasteiger partial charge >= 0.3 is 6.09 Å². The number of carbonyl (C=O) groups is 1. The fourth-order valence-electron chi connectivity index (χ4n) is 1.58. The molecule has 17 heavy (non-hydrogen) atoms. The van der Waals surface area contributed by atoms with Crippen LogP contribution in [0.3, 0.4) is 0 Å². The van der Waals surface area contributed by atoms with Gasteiger partial charge in [0.15, 0.2) is 0 Å². The summed E-state index contributed by atoms with van der Waals surface area (Å²) in [7, 11) is 0. The molecule has 0 aliphatic heterocycles. The second kappa shape index (κ2) is 5.16. The fourth-order valence-corrected chi connectivity index (χ4v) is 1.58. The molecule has 0 saturated carbocycles. The number of hydrogen-bond acceptors (Lipinski definition) is 2. The summed E-state index contributed by atoms with van der Waals surface area (Å²) in [6.45, 7) is 0.213. The van der Waals surface area contributed by atoms with Gasteiger partial charge in [-0.3, -0.25) is 0 Å². The lowest BCUT2D eigenvalue weighted by Gasteiger charge is -2.04. The molecule has 0 heterocycles. The first-order chi connectivity index (χ1) is 8.25. The van der Waals surface area contributed by atoms with Crippen molar-refractivity contribution < 1.29 is 9.53 Å². The molecule has 0 aliphatic carbocycles. The van der Waals surface area contributed by atoms with Crippen molar-refractivity contribution in [3.8, 4) is 11.1 Å². The molecule has 2 N–H and O–H groups in total. The quantitative estimate of drug-likeness (QED) is 0.876. The SMILES string of the molecule is NC(=O)OCc1ccc(-c2ccccc2)cc1. The average molecular weight is 227 g/mol. The number of nitrogens with two attached hydrogens (primary N) is 1. The molecule has 2 aromatic carbocycles. The van der Waals surface area contributed by atoms with Crippen molar-refractivity contribution >= 4 is 6.09 Å². The van der Waals surface area contributed by atoms with Gasteiger partial charge in [0.25, 0.3) is 0 Å². The lowest BCUT2D eigenvalue weighted by atomic mass is 10.0. The van der Waals surface area contributed by atoms with Crippen LogP contribution in [0.15, 0.2) is 54.6 Å². The first-order valence-electron chi connectivity index (χ1n) is 5.32. The van der Waals surface area contributed by atoms with Crippen LogP contribution in [0.1, 0.15) is 5.56 Å². The molecule has 0 radical (unpaired) electrons. The molecule has 86 valence electrons. The second-order valence-corrected chi connectivity index (χ2v) is 3.67. The summed E-state index contributed by atoms with van der Waals surface area (Å²) >= 11 is 0. The Hall–Kier alpha value is -2.29. The lowest BCUT2D eigenvalue weighted by Crippen LogP contribution is -2.12. The fraction of sp³-hybridized carbons (Fsp3) is 0.0714. The predicted molar refractivity (Wildman–Crippen MR) is 66.3 cm³/mol. The minimum atomic E-state index is -0.753. The van der Waals surface area contributed by atoms with Crippen molar-refractivity contribution in [2.24, 2.45) is 5.73 Å². The first kappa shape index (κ1) is 11.2. The van der Waals surface area contributed by atoms with Crippen LogP contribution in [0.4, 0.5) is 4.79 Å². The molecular formula is C14H13NO2. The standard InChI is InChI=1S/C14H13NO2/c15-14(16)17-10-11-6-8-13(9-7-11)12-4-2-1-3-5-12/h1-9H,10H2,(H2,15,16). The molecule has 0 unspecified atom stereocenters. The zero-order valence-corrected chi connectivity index (χ0v) is 9.30. The summed E-state index contributed by atoms with van der Waals surface area (Å²) in [6, 6.07) is 17.9. The van der Waals surface area contributed by atoms with Crippen LogP contribution in [-0.2, 0) is 11.3 Å². The van der Waals surface area contributed by atoms with E-state index in [9.17, 15) is 4.79 Å². The van der Waals surface area contributed by atoms with Crippen LogP contribution < -0.4 is 5.73 Å². The van der Waals surface area contributed by atoms with E-state index in [0.29, 0.717) is 0 Å². The summed E-state index contributed by atoms with van der Waals surface area (Å²) in [5, 5.41) is 0. The highest BCUT2D eigenvalue weighted by Crippen LogP contribution is 2.19. The Morgan fingerprint density at radius 2 is 1.53 bits per heavy atom.